The van der Waals surface area contributed by atoms with Gasteiger partial charge in [-0.3, -0.25) is 9.59 Å². The lowest BCUT2D eigenvalue weighted by Gasteiger charge is -2.03. The van der Waals surface area contributed by atoms with Crippen LogP contribution in [0.2, 0.25) is 0 Å². The Hall–Kier alpha value is -1.91. The Balaban J connectivity index is 2.67. The van der Waals surface area contributed by atoms with Crippen LogP contribution >= 0.6 is 0 Å². The quantitative estimate of drug-likeness (QED) is 0.758. The number of amides is 2. The van der Waals surface area contributed by atoms with Gasteiger partial charge in [0.15, 0.2) is 0 Å². The molecule has 0 atom stereocenters. The van der Waals surface area contributed by atoms with Crippen LogP contribution in [0.25, 0.3) is 0 Å². The van der Waals surface area contributed by atoms with Crippen LogP contribution in [0.15, 0.2) is 18.2 Å². The highest BCUT2D eigenvalue weighted by Crippen LogP contribution is 2.02. The molecule has 0 radical (unpaired) electrons. The molecule has 0 aliphatic carbocycles. The number of carbonyl (C=O) groups excluding carboxylic acids is 2. The summed E-state index contributed by atoms with van der Waals surface area (Å²) in [6.07, 6.45) is 0.908. The molecule has 1 aromatic heterocycles. The van der Waals surface area contributed by atoms with Gasteiger partial charge in [-0.25, -0.2) is 4.98 Å². The predicted molar refractivity (Wildman–Crippen MR) is 60.0 cm³/mol. The largest absolute Gasteiger partial charge is 0.359 e. The lowest BCUT2D eigenvalue weighted by atomic mass is 10.2. The number of aromatic nitrogens is 1. The van der Waals surface area contributed by atoms with Crippen LogP contribution in [-0.2, 0) is 11.2 Å². The monoisotopic (exact) mass is 221 g/mol. The number of nitrogens with one attached hydrogen (secondary N) is 2. The van der Waals surface area contributed by atoms with Crippen molar-refractivity contribution in [1.82, 2.24) is 15.6 Å². The molecule has 2 N–H and O–H groups in total. The van der Waals surface area contributed by atoms with Crippen LogP contribution in [0.1, 0.15) is 22.6 Å². The van der Waals surface area contributed by atoms with Crippen molar-refractivity contribution >= 4 is 11.8 Å². The van der Waals surface area contributed by atoms with Gasteiger partial charge < -0.3 is 10.6 Å². The Morgan fingerprint density at radius 3 is 2.62 bits per heavy atom. The first-order valence-corrected chi connectivity index (χ1v) is 5.06. The summed E-state index contributed by atoms with van der Waals surface area (Å²) in [7, 11) is 3.15. The molecule has 86 valence electrons. The van der Waals surface area contributed by atoms with Gasteiger partial charge in [-0.2, -0.15) is 0 Å². The van der Waals surface area contributed by atoms with Gasteiger partial charge >= 0.3 is 0 Å². The molecule has 0 aliphatic heterocycles. The summed E-state index contributed by atoms with van der Waals surface area (Å²) < 4.78 is 0. The summed E-state index contributed by atoms with van der Waals surface area (Å²) in [5, 5.41) is 5.04. The molecule has 5 nitrogen and oxygen atoms in total. The van der Waals surface area contributed by atoms with E-state index in [0.717, 1.165) is 5.69 Å². The van der Waals surface area contributed by atoms with Crippen molar-refractivity contribution in [1.29, 1.82) is 0 Å². The summed E-state index contributed by atoms with van der Waals surface area (Å²) in [6, 6.07) is 5.20. The van der Waals surface area contributed by atoms with Gasteiger partial charge in [-0.05, 0) is 18.6 Å². The van der Waals surface area contributed by atoms with Gasteiger partial charge in [0.05, 0.1) is 0 Å². The molecule has 0 saturated heterocycles. The molecule has 0 bridgehead atoms. The zero-order valence-corrected chi connectivity index (χ0v) is 9.41. The topological polar surface area (TPSA) is 71.1 Å². The number of hydrogen-bond donors (Lipinski definition) is 2. The average Bonchev–Trinajstić information content (AvgIpc) is 2.35. The molecular formula is C11H15N3O2. The third kappa shape index (κ3) is 3.34. The second-order valence-corrected chi connectivity index (χ2v) is 3.27. The lowest BCUT2D eigenvalue weighted by Crippen LogP contribution is -2.20. The first-order valence-electron chi connectivity index (χ1n) is 5.06. The molecule has 0 fully saturated rings. The van der Waals surface area contributed by atoms with Crippen LogP contribution in [0.3, 0.4) is 0 Å². The van der Waals surface area contributed by atoms with Gasteiger partial charge in [-0.1, -0.05) is 6.07 Å². The molecule has 1 rings (SSSR count). The van der Waals surface area contributed by atoms with Crippen molar-refractivity contribution in [2.45, 2.75) is 12.8 Å². The number of hydrogen-bond acceptors (Lipinski definition) is 3. The normalized spacial score (nSPS) is 9.62. The summed E-state index contributed by atoms with van der Waals surface area (Å²) >= 11 is 0. The maximum absolute atomic E-state index is 11.3. The van der Waals surface area contributed by atoms with Crippen molar-refractivity contribution in [2.75, 3.05) is 14.1 Å². The molecule has 0 aliphatic rings. The van der Waals surface area contributed by atoms with Crippen LogP contribution in [-0.4, -0.2) is 30.9 Å². The van der Waals surface area contributed by atoms with Crippen LogP contribution < -0.4 is 10.6 Å². The van der Waals surface area contributed by atoms with Crippen LogP contribution in [0, 0.1) is 0 Å². The molecule has 2 amide bonds. The maximum atomic E-state index is 11.3. The van der Waals surface area contributed by atoms with E-state index < -0.39 is 0 Å². The molecule has 5 heteroatoms. The Labute approximate surface area is 94.3 Å². The number of rotatable bonds is 4. The number of carbonyl (C=O) groups is 2. The van der Waals surface area contributed by atoms with Crippen molar-refractivity contribution < 1.29 is 9.59 Å². The van der Waals surface area contributed by atoms with E-state index in [4.69, 9.17) is 0 Å². The highest BCUT2D eigenvalue weighted by Gasteiger charge is 2.06. The lowest BCUT2D eigenvalue weighted by molar-refractivity contribution is -0.120. The zero-order valence-electron chi connectivity index (χ0n) is 9.41. The fourth-order valence-corrected chi connectivity index (χ4v) is 1.24. The van der Waals surface area contributed by atoms with Gasteiger partial charge in [0, 0.05) is 26.2 Å². The Morgan fingerprint density at radius 2 is 2.00 bits per heavy atom. The van der Waals surface area contributed by atoms with Crippen LogP contribution in [0.5, 0.6) is 0 Å². The van der Waals surface area contributed by atoms with E-state index in [1.807, 2.05) is 0 Å². The number of nitrogens with zero attached hydrogens (tertiary/aromatic N) is 1. The Morgan fingerprint density at radius 1 is 1.25 bits per heavy atom. The van der Waals surface area contributed by atoms with Gasteiger partial charge in [-0.15, -0.1) is 0 Å². The SMILES string of the molecule is CNC(=O)CCc1cccc(C(=O)NC)n1. The van der Waals surface area contributed by atoms with Gasteiger partial charge in [0.2, 0.25) is 5.91 Å². The van der Waals surface area contributed by atoms with E-state index in [-0.39, 0.29) is 11.8 Å². The summed E-state index contributed by atoms with van der Waals surface area (Å²) in [5.41, 5.74) is 1.11. The molecule has 0 saturated carbocycles. The highest BCUT2D eigenvalue weighted by atomic mass is 16.2. The average molecular weight is 221 g/mol. The van der Waals surface area contributed by atoms with E-state index in [2.05, 4.69) is 15.6 Å². The number of pyridine rings is 1. The van der Waals surface area contributed by atoms with E-state index in [1.165, 1.54) is 0 Å². The standard InChI is InChI=1S/C11H15N3O2/c1-12-10(15)7-6-8-4-3-5-9(14-8)11(16)13-2/h3-5H,6-7H2,1-2H3,(H,12,15)(H,13,16). The maximum Gasteiger partial charge on any atom is 0.269 e. The van der Waals surface area contributed by atoms with Crippen molar-refractivity contribution in [2.24, 2.45) is 0 Å². The molecule has 0 spiro atoms. The third-order valence-corrected chi connectivity index (χ3v) is 2.15. The predicted octanol–water partition coefficient (Wildman–Crippen LogP) is 0.120. The smallest absolute Gasteiger partial charge is 0.269 e. The summed E-state index contributed by atoms with van der Waals surface area (Å²) in [6.45, 7) is 0. The summed E-state index contributed by atoms with van der Waals surface area (Å²) in [5.74, 6) is -0.256. The fourth-order valence-electron chi connectivity index (χ4n) is 1.24. The minimum atomic E-state index is -0.221. The molecule has 1 heterocycles. The second-order valence-electron chi connectivity index (χ2n) is 3.27. The second kappa shape index (κ2) is 5.85. The third-order valence-electron chi connectivity index (χ3n) is 2.15. The highest BCUT2D eigenvalue weighted by molar-refractivity contribution is 5.92. The fraction of sp³-hybridized carbons (Fsp3) is 0.364. The van der Waals surface area contributed by atoms with Crippen molar-refractivity contribution in [3.05, 3.63) is 29.6 Å². The minimum absolute atomic E-state index is 0.0350. The molecule has 0 unspecified atom stereocenters. The molecule has 0 aromatic carbocycles. The van der Waals surface area contributed by atoms with Crippen molar-refractivity contribution in [3.63, 3.8) is 0 Å². The zero-order chi connectivity index (χ0) is 12.0. The van der Waals surface area contributed by atoms with Crippen molar-refractivity contribution in [3.8, 4) is 0 Å². The van der Waals surface area contributed by atoms with E-state index in [0.29, 0.717) is 18.5 Å². The van der Waals surface area contributed by atoms with E-state index >= 15 is 0 Å². The summed E-state index contributed by atoms with van der Waals surface area (Å²) in [4.78, 5) is 26.5. The Kier molecular flexibility index (Phi) is 4.44. The van der Waals surface area contributed by atoms with E-state index in [1.54, 1.807) is 32.3 Å². The molecule has 1 aromatic rings. The van der Waals surface area contributed by atoms with E-state index in [9.17, 15) is 9.59 Å². The first-order chi connectivity index (χ1) is 7.67. The number of aryl methyl sites for hydroxylation is 1. The van der Waals surface area contributed by atoms with Gasteiger partial charge in [0.1, 0.15) is 5.69 Å². The minimum Gasteiger partial charge on any atom is -0.359 e. The first kappa shape index (κ1) is 12.2. The molecular weight excluding hydrogens is 206 g/mol. The molecule has 16 heavy (non-hydrogen) atoms. The Bertz CT molecular complexity index is 391. The van der Waals surface area contributed by atoms with Crippen LogP contribution in [0.4, 0.5) is 0 Å². The van der Waals surface area contributed by atoms with Gasteiger partial charge in [0.25, 0.3) is 5.91 Å².